The smallest absolute Gasteiger partial charge is 0.410 e. The Hall–Kier alpha value is -2.34. The molecule has 1 aromatic heterocycles. The molecule has 1 aliphatic heterocycles. The van der Waals surface area contributed by atoms with E-state index in [1.165, 1.54) is 4.90 Å². The Morgan fingerprint density at radius 2 is 2.10 bits per heavy atom. The fourth-order valence-electron chi connectivity index (χ4n) is 2.45. The Morgan fingerprint density at radius 1 is 1.33 bits per heavy atom. The van der Waals surface area contributed by atoms with Gasteiger partial charge in [0.25, 0.3) is 0 Å². The van der Waals surface area contributed by atoms with Crippen LogP contribution in [-0.4, -0.2) is 45.0 Å². The van der Waals surface area contributed by atoms with Gasteiger partial charge in [-0.25, -0.2) is 4.79 Å². The molecule has 1 aliphatic rings. The van der Waals surface area contributed by atoms with Crippen LogP contribution in [0.25, 0.3) is 0 Å². The number of aromatic amines is 1. The van der Waals surface area contributed by atoms with Crippen molar-refractivity contribution < 1.29 is 14.6 Å². The maximum absolute atomic E-state index is 11.9. The van der Waals surface area contributed by atoms with Crippen LogP contribution in [0.15, 0.2) is 42.6 Å². The average molecular weight is 287 g/mol. The lowest BCUT2D eigenvalue weighted by Crippen LogP contribution is -2.64. The molecule has 0 bridgehead atoms. The number of likely N-dealkylation sites (tertiary alicyclic amines) is 1. The minimum Gasteiger partial charge on any atom is -0.445 e. The van der Waals surface area contributed by atoms with Crippen LogP contribution in [0.2, 0.25) is 0 Å². The van der Waals surface area contributed by atoms with Crippen LogP contribution in [0.3, 0.4) is 0 Å². The summed E-state index contributed by atoms with van der Waals surface area (Å²) in [5.74, 6) is 0. The molecule has 110 valence electrons. The van der Waals surface area contributed by atoms with Crippen molar-refractivity contribution in [3.8, 4) is 0 Å². The molecular formula is C15H17N3O3. The first-order valence-corrected chi connectivity index (χ1v) is 6.81. The highest BCUT2D eigenvalue weighted by Crippen LogP contribution is 2.25. The van der Waals surface area contributed by atoms with Crippen molar-refractivity contribution >= 4 is 6.09 Å². The van der Waals surface area contributed by atoms with Gasteiger partial charge < -0.3 is 14.7 Å². The number of aromatic nitrogens is 2. The van der Waals surface area contributed by atoms with Crippen molar-refractivity contribution in [1.29, 1.82) is 0 Å². The second kappa shape index (κ2) is 5.57. The predicted molar refractivity (Wildman–Crippen MR) is 75.4 cm³/mol. The van der Waals surface area contributed by atoms with E-state index in [-0.39, 0.29) is 19.7 Å². The number of rotatable bonds is 4. The van der Waals surface area contributed by atoms with E-state index in [1.807, 2.05) is 36.4 Å². The Morgan fingerprint density at radius 3 is 2.76 bits per heavy atom. The molecule has 21 heavy (non-hydrogen) atoms. The van der Waals surface area contributed by atoms with Gasteiger partial charge in [0, 0.05) is 18.3 Å². The summed E-state index contributed by atoms with van der Waals surface area (Å²) in [6.07, 6.45) is 1.70. The lowest BCUT2D eigenvalue weighted by molar-refractivity contribution is -0.0890. The third-order valence-corrected chi connectivity index (χ3v) is 3.51. The lowest BCUT2D eigenvalue weighted by Gasteiger charge is -2.45. The van der Waals surface area contributed by atoms with E-state index in [0.29, 0.717) is 6.42 Å². The zero-order chi connectivity index (χ0) is 14.7. The monoisotopic (exact) mass is 287 g/mol. The number of carbonyl (C=O) groups is 1. The van der Waals surface area contributed by atoms with Gasteiger partial charge >= 0.3 is 6.09 Å². The highest BCUT2D eigenvalue weighted by Gasteiger charge is 2.44. The number of nitrogens with one attached hydrogen (secondary N) is 1. The summed E-state index contributed by atoms with van der Waals surface area (Å²) in [6.45, 7) is 0.800. The van der Waals surface area contributed by atoms with E-state index in [1.54, 1.807) is 6.20 Å². The van der Waals surface area contributed by atoms with Crippen LogP contribution in [-0.2, 0) is 17.8 Å². The van der Waals surface area contributed by atoms with Gasteiger partial charge in [0.15, 0.2) is 0 Å². The molecule has 1 aromatic carbocycles. The highest BCUT2D eigenvalue weighted by atomic mass is 16.6. The first kappa shape index (κ1) is 13.6. The zero-order valence-corrected chi connectivity index (χ0v) is 11.5. The lowest BCUT2D eigenvalue weighted by atomic mass is 9.89. The molecular weight excluding hydrogens is 270 g/mol. The van der Waals surface area contributed by atoms with Gasteiger partial charge in [-0.15, -0.1) is 0 Å². The van der Waals surface area contributed by atoms with Crippen LogP contribution < -0.4 is 0 Å². The van der Waals surface area contributed by atoms with Gasteiger partial charge in [-0.3, -0.25) is 5.10 Å². The largest absolute Gasteiger partial charge is 0.445 e. The number of H-pyrrole nitrogens is 1. The second-order valence-corrected chi connectivity index (χ2v) is 5.38. The SMILES string of the molecule is O=C(OCc1ccccc1)N1CC(O)(Cc2ccn[nH]2)C1. The van der Waals surface area contributed by atoms with Gasteiger partial charge in [0.05, 0.1) is 13.1 Å². The predicted octanol–water partition coefficient (Wildman–Crippen LogP) is 1.34. The molecule has 2 N–H and O–H groups in total. The van der Waals surface area contributed by atoms with Crippen molar-refractivity contribution in [1.82, 2.24) is 15.1 Å². The summed E-state index contributed by atoms with van der Waals surface area (Å²) < 4.78 is 5.22. The molecule has 3 rings (SSSR count). The van der Waals surface area contributed by atoms with E-state index in [0.717, 1.165) is 11.3 Å². The van der Waals surface area contributed by atoms with Crippen LogP contribution in [0, 0.1) is 0 Å². The zero-order valence-electron chi connectivity index (χ0n) is 11.5. The molecule has 6 nitrogen and oxygen atoms in total. The van der Waals surface area contributed by atoms with Gasteiger partial charge in [-0.1, -0.05) is 30.3 Å². The Balaban J connectivity index is 1.46. The topological polar surface area (TPSA) is 78.4 Å². The molecule has 2 heterocycles. The number of ether oxygens (including phenoxy) is 1. The highest BCUT2D eigenvalue weighted by molar-refractivity contribution is 5.69. The Labute approximate surface area is 122 Å². The van der Waals surface area contributed by atoms with E-state index >= 15 is 0 Å². The number of amides is 1. The van der Waals surface area contributed by atoms with Crippen LogP contribution in [0.5, 0.6) is 0 Å². The fraction of sp³-hybridized carbons (Fsp3) is 0.333. The summed E-state index contributed by atoms with van der Waals surface area (Å²) in [7, 11) is 0. The third kappa shape index (κ3) is 3.22. The standard InChI is InChI=1S/C15H17N3O3/c19-14(21-9-12-4-2-1-3-5-12)18-10-15(20,11-18)8-13-6-7-16-17-13/h1-7,20H,8-11H2,(H,16,17). The minimum absolute atomic E-state index is 0.245. The van der Waals surface area contributed by atoms with Crippen LogP contribution in [0.4, 0.5) is 4.79 Å². The summed E-state index contributed by atoms with van der Waals surface area (Å²) in [5.41, 5.74) is 0.909. The maximum atomic E-state index is 11.9. The van der Waals surface area contributed by atoms with E-state index in [9.17, 15) is 9.90 Å². The van der Waals surface area contributed by atoms with E-state index in [4.69, 9.17) is 4.74 Å². The number of aliphatic hydroxyl groups is 1. The van der Waals surface area contributed by atoms with Crippen molar-refractivity contribution in [2.45, 2.75) is 18.6 Å². The quantitative estimate of drug-likeness (QED) is 0.889. The second-order valence-electron chi connectivity index (χ2n) is 5.38. The number of benzene rings is 1. The van der Waals surface area contributed by atoms with Gasteiger partial charge in [0.1, 0.15) is 12.2 Å². The van der Waals surface area contributed by atoms with Crippen molar-refractivity contribution in [2.75, 3.05) is 13.1 Å². The molecule has 1 fully saturated rings. The fourth-order valence-corrected chi connectivity index (χ4v) is 2.45. The molecule has 0 spiro atoms. The van der Waals surface area contributed by atoms with Gasteiger partial charge in [-0.05, 0) is 11.6 Å². The molecule has 2 aromatic rings. The number of β-amino-alcohol motifs (C(OH)–C–C–N with tert-alkyl or cyclic N) is 1. The molecule has 0 saturated carbocycles. The maximum Gasteiger partial charge on any atom is 0.410 e. The van der Waals surface area contributed by atoms with Gasteiger partial charge in [-0.2, -0.15) is 5.10 Å². The van der Waals surface area contributed by atoms with Crippen LogP contribution in [0.1, 0.15) is 11.3 Å². The molecule has 0 radical (unpaired) electrons. The number of hydrogen-bond acceptors (Lipinski definition) is 4. The Bertz CT molecular complexity index is 592. The molecule has 0 atom stereocenters. The first-order chi connectivity index (χ1) is 10.1. The van der Waals surface area contributed by atoms with E-state index in [2.05, 4.69) is 10.2 Å². The summed E-state index contributed by atoms with van der Waals surface area (Å²) in [4.78, 5) is 13.4. The third-order valence-electron chi connectivity index (χ3n) is 3.51. The molecule has 0 aliphatic carbocycles. The summed E-state index contributed by atoms with van der Waals surface area (Å²) >= 11 is 0. The number of carbonyl (C=O) groups excluding carboxylic acids is 1. The number of hydrogen-bond donors (Lipinski definition) is 2. The van der Waals surface area contributed by atoms with Crippen molar-refractivity contribution in [3.63, 3.8) is 0 Å². The summed E-state index contributed by atoms with van der Waals surface area (Å²) in [5, 5.41) is 16.9. The van der Waals surface area contributed by atoms with Crippen molar-refractivity contribution in [2.24, 2.45) is 0 Å². The minimum atomic E-state index is -0.891. The van der Waals surface area contributed by atoms with E-state index < -0.39 is 11.7 Å². The molecule has 6 heteroatoms. The summed E-state index contributed by atoms with van der Waals surface area (Å²) in [6, 6.07) is 11.3. The van der Waals surface area contributed by atoms with Crippen molar-refractivity contribution in [3.05, 3.63) is 53.9 Å². The molecule has 0 unspecified atom stereocenters. The Kier molecular flexibility index (Phi) is 3.62. The first-order valence-electron chi connectivity index (χ1n) is 6.81. The number of nitrogens with zero attached hydrogens (tertiary/aromatic N) is 2. The molecule has 1 saturated heterocycles. The normalized spacial score (nSPS) is 16.3. The van der Waals surface area contributed by atoms with Crippen LogP contribution >= 0.6 is 0 Å². The van der Waals surface area contributed by atoms with Gasteiger partial charge in [0.2, 0.25) is 0 Å². The average Bonchev–Trinajstić information content (AvgIpc) is 2.96. The molecule has 1 amide bonds.